The highest BCUT2D eigenvalue weighted by Crippen LogP contribution is 2.25. The fraction of sp³-hybridized carbons (Fsp3) is 0.391. The predicted octanol–water partition coefficient (Wildman–Crippen LogP) is 2.63. The minimum absolute atomic E-state index is 0.181. The van der Waals surface area contributed by atoms with Crippen molar-refractivity contribution in [2.45, 2.75) is 37.8 Å². The number of hydrogen-bond acceptors (Lipinski definition) is 4. The number of fused-ring (bicyclic) bond motifs is 1. The van der Waals surface area contributed by atoms with Crippen LogP contribution in [-0.2, 0) is 16.0 Å². The van der Waals surface area contributed by atoms with Crippen molar-refractivity contribution in [2.75, 3.05) is 30.3 Å². The van der Waals surface area contributed by atoms with E-state index in [0.29, 0.717) is 25.7 Å². The van der Waals surface area contributed by atoms with Gasteiger partial charge in [-0.1, -0.05) is 36.4 Å². The first-order valence-electron chi connectivity index (χ1n) is 10.4. The van der Waals surface area contributed by atoms with E-state index in [4.69, 9.17) is 0 Å². The number of hydrogen-bond donors (Lipinski definition) is 3. The summed E-state index contributed by atoms with van der Waals surface area (Å²) in [6.07, 6.45) is 3.74. The van der Waals surface area contributed by atoms with Gasteiger partial charge in [-0.05, 0) is 49.4 Å². The molecule has 2 aromatic rings. The predicted molar refractivity (Wildman–Crippen MR) is 115 cm³/mol. The number of aryl methyl sites for hydroxylation is 1. The van der Waals surface area contributed by atoms with Gasteiger partial charge in [-0.3, -0.25) is 9.59 Å². The lowest BCUT2D eigenvalue weighted by molar-refractivity contribution is -0.145. The fourth-order valence-electron chi connectivity index (χ4n) is 4.13. The third kappa shape index (κ3) is 4.88. The maximum absolute atomic E-state index is 12.5. The number of nitrogens with zero attached hydrogens (tertiary/aromatic N) is 1. The molecule has 1 fully saturated rings. The monoisotopic (exact) mass is 392 g/mol. The Kier molecular flexibility index (Phi) is 5.98. The number of carbonyl (C=O) groups excluding carboxylic acids is 2. The SMILES string of the molecule is O=C(NCCC1CCc2ccccc2N1)C(=O)N1CCC(Nc2ccccc2)C1. The molecule has 2 aromatic carbocycles. The molecule has 0 bridgehead atoms. The third-order valence-corrected chi connectivity index (χ3v) is 5.73. The summed E-state index contributed by atoms with van der Waals surface area (Å²) in [5.74, 6) is -0.925. The van der Waals surface area contributed by atoms with Crippen LogP contribution >= 0.6 is 0 Å². The molecule has 29 heavy (non-hydrogen) atoms. The summed E-state index contributed by atoms with van der Waals surface area (Å²) in [5, 5.41) is 9.76. The molecule has 0 saturated carbocycles. The molecule has 0 radical (unpaired) electrons. The summed E-state index contributed by atoms with van der Waals surface area (Å²) in [6, 6.07) is 18.8. The Morgan fingerprint density at radius 3 is 2.69 bits per heavy atom. The molecule has 4 rings (SSSR count). The van der Waals surface area contributed by atoms with Gasteiger partial charge in [0.1, 0.15) is 0 Å². The van der Waals surface area contributed by atoms with Crippen molar-refractivity contribution in [3.63, 3.8) is 0 Å². The Bertz CT molecular complexity index is 855. The molecular weight excluding hydrogens is 364 g/mol. The Hall–Kier alpha value is -3.02. The lowest BCUT2D eigenvalue weighted by Gasteiger charge is -2.27. The van der Waals surface area contributed by atoms with Crippen LogP contribution < -0.4 is 16.0 Å². The van der Waals surface area contributed by atoms with Gasteiger partial charge in [-0.2, -0.15) is 0 Å². The Morgan fingerprint density at radius 2 is 1.83 bits per heavy atom. The number of anilines is 2. The van der Waals surface area contributed by atoms with Crippen LogP contribution in [0, 0.1) is 0 Å². The van der Waals surface area contributed by atoms with Gasteiger partial charge >= 0.3 is 11.8 Å². The summed E-state index contributed by atoms with van der Waals surface area (Å²) in [7, 11) is 0. The smallest absolute Gasteiger partial charge is 0.311 e. The molecule has 2 heterocycles. The van der Waals surface area contributed by atoms with Crippen molar-refractivity contribution in [1.82, 2.24) is 10.2 Å². The highest BCUT2D eigenvalue weighted by atomic mass is 16.2. The molecule has 6 nitrogen and oxygen atoms in total. The van der Waals surface area contributed by atoms with Gasteiger partial charge in [0.15, 0.2) is 0 Å². The van der Waals surface area contributed by atoms with Crippen LogP contribution in [0.5, 0.6) is 0 Å². The second-order valence-electron chi connectivity index (χ2n) is 7.83. The van der Waals surface area contributed by atoms with Crippen LogP contribution in [0.25, 0.3) is 0 Å². The zero-order valence-electron chi connectivity index (χ0n) is 16.6. The first kappa shape index (κ1) is 19.3. The molecule has 3 N–H and O–H groups in total. The molecule has 2 aliphatic heterocycles. The Morgan fingerprint density at radius 1 is 1.03 bits per heavy atom. The molecule has 0 aromatic heterocycles. The lowest BCUT2D eigenvalue weighted by Crippen LogP contribution is -2.43. The van der Waals surface area contributed by atoms with Crippen LogP contribution in [0.3, 0.4) is 0 Å². The minimum Gasteiger partial charge on any atom is -0.382 e. The van der Waals surface area contributed by atoms with Crippen molar-refractivity contribution in [3.8, 4) is 0 Å². The van der Waals surface area contributed by atoms with Gasteiger partial charge < -0.3 is 20.9 Å². The summed E-state index contributed by atoms with van der Waals surface area (Å²) < 4.78 is 0. The van der Waals surface area contributed by atoms with Gasteiger partial charge in [-0.25, -0.2) is 0 Å². The number of likely N-dealkylation sites (tertiary alicyclic amines) is 1. The molecule has 152 valence electrons. The van der Waals surface area contributed by atoms with Crippen molar-refractivity contribution in [1.29, 1.82) is 0 Å². The number of amides is 2. The van der Waals surface area contributed by atoms with Gasteiger partial charge in [0.2, 0.25) is 0 Å². The first-order valence-corrected chi connectivity index (χ1v) is 10.4. The van der Waals surface area contributed by atoms with E-state index >= 15 is 0 Å². The first-order chi connectivity index (χ1) is 14.2. The van der Waals surface area contributed by atoms with E-state index < -0.39 is 11.8 Å². The maximum atomic E-state index is 12.5. The zero-order valence-corrected chi connectivity index (χ0v) is 16.6. The highest BCUT2D eigenvalue weighted by Gasteiger charge is 2.30. The Balaban J connectivity index is 1.19. The third-order valence-electron chi connectivity index (χ3n) is 5.73. The van der Waals surface area contributed by atoms with Crippen molar-refractivity contribution >= 4 is 23.2 Å². The van der Waals surface area contributed by atoms with E-state index in [1.165, 1.54) is 11.3 Å². The quantitative estimate of drug-likeness (QED) is 0.684. The largest absolute Gasteiger partial charge is 0.382 e. The average Bonchev–Trinajstić information content (AvgIpc) is 3.22. The molecular formula is C23H28N4O2. The minimum atomic E-state index is -0.499. The lowest BCUT2D eigenvalue weighted by atomic mass is 9.96. The second kappa shape index (κ2) is 8.99. The van der Waals surface area contributed by atoms with E-state index in [-0.39, 0.29) is 6.04 Å². The van der Waals surface area contributed by atoms with E-state index in [1.807, 2.05) is 36.4 Å². The van der Waals surface area contributed by atoms with E-state index in [9.17, 15) is 9.59 Å². The Labute approximate surface area is 171 Å². The van der Waals surface area contributed by atoms with Crippen molar-refractivity contribution in [3.05, 3.63) is 60.2 Å². The molecule has 2 unspecified atom stereocenters. The van der Waals surface area contributed by atoms with E-state index in [1.54, 1.807) is 4.90 Å². The zero-order chi connectivity index (χ0) is 20.1. The van der Waals surface area contributed by atoms with Crippen LogP contribution in [0.1, 0.15) is 24.8 Å². The van der Waals surface area contributed by atoms with Crippen LogP contribution in [-0.4, -0.2) is 48.4 Å². The van der Waals surface area contributed by atoms with Gasteiger partial charge in [-0.15, -0.1) is 0 Å². The number of carbonyl (C=O) groups is 2. The molecule has 0 spiro atoms. The van der Waals surface area contributed by atoms with Crippen molar-refractivity contribution in [2.24, 2.45) is 0 Å². The van der Waals surface area contributed by atoms with Crippen LogP contribution in [0.4, 0.5) is 11.4 Å². The van der Waals surface area contributed by atoms with Crippen LogP contribution in [0.15, 0.2) is 54.6 Å². The molecule has 6 heteroatoms. The highest BCUT2D eigenvalue weighted by molar-refractivity contribution is 6.35. The topological polar surface area (TPSA) is 73.5 Å². The van der Waals surface area contributed by atoms with Crippen LogP contribution in [0.2, 0.25) is 0 Å². The standard InChI is InChI=1S/C23H28N4O2/c28-22(24-14-12-19-11-10-17-6-4-5-9-21(17)26-19)23(29)27-15-13-20(16-27)25-18-7-2-1-3-8-18/h1-9,19-20,25-26H,10-16H2,(H,24,28). The molecule has 2 aliphatic rings. The summed E-state index contributed by atoms with van der Waals surface area (Å²) >= 11 is 0. The molecule has 0 aliphatic carbocycles. The number of rotatable bonds is 5. The summed E-state index contributed by atoms with van der Waals surface area (Å²) in [6.45, 7) is 1.67. The summed E-state index contributed by atoms with van der Waals surface area (Å²) in [4.78, 5) is 26.4. The van der Waals surface area contributed by atoms with E-state index in [2.05, 4.69) is 34.1 Å². The fourth-order valence-corrected chi connectivity index (χ4v) is 4.13. The molecule has 2 amide bonds. The number of para-hydroxylation sites is 2. The average molecular weight is 393 g/mol. The van der Waals surface area contributed by atoms with Gasteiger partial charge in [0.05, 0.1) is 0 Å². The number of nitrogens with one attached hydrogen (secondary N) is 3. The van der Waals surface area contributed by atoms with Gasteiger partial charge in [0, 0.05) is 43.1 Å². The van der Waals surface area contributed by atoms with E-state index in [0.717, 1.165) is 31.4 Å². The number of benzene rings is 2. The molecule has 1 saturated heterocycles. The maximum Gasteiger partial charge on any atom is 0.311 e. The van der Waals surface area contributed by atoms with Crippen molar-refractivity contribution < 1.29 is 9.59 Å². The normalized spacial score (nSPS) is 20.5. The second-order valence-corrected chi connectivity index (χ2v) is 7.83. The molecule has 2 atom stereocenters. The van der Waals surface area contributed by atoms with Gasteiger partial charge in [0.25, 0.3) is 0 Å². The summed E-state index contributed by atoms with van der Waals surface area (Å²) in [5.41, 5.74) is 3.56.